The first-order valence-electron chi connectivity index (χ1n) is 10.1. The molecule has 0 saturated carbocycles. The Bertz CT molecular complexity index is 821. The highest BCUT2D eigenvalue weighted by Crippen LogP contribution is 2.23. The van der Waals surface area contributed by atoms with E-state index >= 15 is 0 Å². The predicted octanol–water partition coefficient (Wildman–Crippen LogP) is 1.80. The van der Waals surface area contributed by atoms with Gasteiger partial charge in [0.1, 0.15) is 11.9 Å². The van der Waals surface area contributed by atoms with E-state index < -0.39 is 0 Å². The molecule has 1 aromatic carbocycles. The first kappa shape index (κ1) is 24.6. The molecule has 1 amide bonds. The molecule has 4 rings (SSSR count). The number of amides is 1. The zero-order valence-corrected chi connectivity index (χ0v) is 19.3. The van der Waals surface area contributed by atoms with E-state index in [1.165, 1.54) is 5.56 Å². The van der Waals surface area contributed by atoms with Crippen LogP contribution >= 0.6 is 24.8 Å². The van der Waals surface area contributed by atoms with Gasteiger partial charge in [0.05, 0.1) is 0 Å². The number of benzene rings is 1. The van der Waals surface area contributed by atoms with Crippen LogP contribution in [0.4, 0.5) is 0 Å². The molecule has 1 N–H and O–H groups in total. The van der Waals surface area contributed by atoms with Gasteiger partial charge in [-0.05, 0) is 24.7 Å². The predicted molar refractivity (Wildman–Crippen MR) is 124 cm³/mol. The second kappa shape index (κ2) is 11.1. The van der Waals surface area contributed by atoms with Crippen molar-refractivity contribution in [2.45, 2.75) is 12.6 Å². The number of imidazole rings is 1. The van der Waals surface area contributed by atoms with Crippen LogP contribution in [0.15, 0.2) is 36.7 Å². The topological polar surface area (TPSA) is 56.6 Å². The zero-order chi connectivity index (χ0) is 19.5. The molecular weight excluding hydrogens is 423 g/mol. The van der Waals surface area contributed by atoms with Crippen LogP contribution in [0.3, 0.4) is 0 Å². The molecule has 3 heterocycles. The summed E-state index contributed by atoms with van der Waals surface area (Å²) < 4.78 is 2.00. The van der Waals surface area contributed by atoms with Crippen molar-refractivity contribution in [2.24, 2.45) is 7.05 Å². The van der Waals surface area contributed by atoms with Gasteiger partial charge in [-0.1, -0.05) is 12.1 Å². The normalized spacial score (nSPS) is 20.3. The lowest BCUT2D eigenvalue weighted by atomic mass is 10.1. The number of hydrogen-bond acceptors (Lipinski definition) is 5. The summed E-state index contributed by atoms with van der Waals surface area (Å²) in [6, 6.07) is 8.10. The van der Waals surface area contributed by atoms with Gasteiger partial charge in [-0.25, -0.2) is 4.98 Å². The minimum Gasteiger partial charge on any atom is -0.336 e. The number of nitrogens with one attached hydrogen (secondary N) is 1. The molecule has 166 valence electrons. The third-order valence-corrected chi connectivity index (χ3v) is 5.84. The Kier molecular flexibility index (Phi) is 9.12. The van der Waals surface area contributed by atoms with Crippen molar-refractivity contribution in [2.75, 3.05) is 52.9 Å². The van der Waals surface area contributed by atoms with Crippen molar-refractivity contribution in [1.82, 2.24) is 29.6 Å². The van der Waals surface area contributed by atoms with E-state index in [0.717, 1.165) is 57.2 Å². The molecule has 9 heteroatoms. The van der Waals surface area contributed by atoms with Crippen LogP contribution in [0.2, 0.25) is 0 Å². The number of aromatic nitrogens is 2. The monoisotopic (exact) mass is 454 g/mol. The standard InChI is InChI=1S/C21H30N6O.2ClH/c1-24-10-12-26(13-11-24)16-17-4-3-5-18(14-17)21(28)27-9-6-22-15-19(27)20-23-7-8-25(20)2;;/h3-5,7-8,14,19,22H,6,9-13,15-16H2,1-2H3;2*1H. The van der Waals surface area contributed by atoms with Gasteiger partial charge in [0.15, 0.2) is 0 Å². The maximum absolute atomic E-state index is 13.3. The van der Waals surface area contributed by atoms with Crippen LogP contribution in [-0.2, 0) is 13.6 Å². The van der Waals surface area contributed by atoms with E-state index in [-0.39, 0.29) is 36.8 Å². The van der Waals surface area contributed by atoms with Gasteiger partial charge in [-0.15, -0.1) is 24.8 Å². The number of halogens is 2. The maximum atomic E-state index is 13.3. The highest BCUT2D eigenvalue weighted by Gasteiger charge is 2.31. The Balaban J connectivity index is 0.00000160. The summed E-state index contributed by atoms with van der Waals surface area (Å²) in [6.45, 7) is 7.50. The molecule has 2 aliphatic rings. The summed E-state index contributed by atoms with van der Waals surface area (Å²) in [5.74, 6) is 1.02. The Morgan fingerprint density at radius 3 is 2.60 bits per heavy atom. The second-order valence-electron chi connectivity index (χ2n) is 7.89. The molecule has 2 saturated heterocycles. The number of carbonyl (C=O) groups excluding carboxylic acids is 1. The SMILES string of the molecule is CN1CCN(Cc2cccc(C(=O)N3CCNCC3c3nccn3C)c2)CC1.Cl.Cl. The molecule has 0 aliphatic carbocycles. The van der Waals surface area contributed by atoms with E-state index in [1.54, 1.807) is 6.20 Å². The van der Waals surface area contributed by atoms with Crippen molar-refractivity contribution in [3.05, 3.63) is 53.6 Å². The molecule has 0 bridgehead atoms. The molecule has 2 aliphatic heterocycles. The number of nitrogens with zero attached hydrogens (tertiary/aromatic N) is 5. The lowest BCUT2D eigenvalue weighted by Gasteiger charge is -2.36. The van der Waals surface area contributed by atoms with Gasteiger partial charge in [0.2, 0.25) is 0 Å². The summed E-state index contributed by atoms with van der Waals surface area (Å²) in [7, 11) is 4.15. The molecule has 0 radical (unpaired) electrons. The van der Waals surface area contributed by atoms with Gasteiger partial charge in [0.25, 0.3) is 5.91 Å². The van der Waals surface area contributed by atoms with E-state index in [4.69, 9.17) is 0 Å². The van der Waals surface area contributed by atoms with Crippen molar-refractivity contribution in [3.63, 3.8) is 0 Å². The summed E-state index contributed by atoms with van der Waals surface area (Å²) in [5.41, 5.74) is 1.98. The van der Waals surface area contributed by atoms with Crippen molar-refractivity contribution < 1.29 is 4.79 Å². The van der Waals surface area contributed by atoms with E-state index in [9.17, 15) is 4.79 Å². The Labute approximate surface area is 191 Å². The fourth-order valence-electron chi connectivity index (χ4n) is 4.11. The van der Waals surface area contributed by atoms with Crippen molar-refractivity contribution in [3.8, 4) is 0 Å². The molecule has 1 unspecified atom stereocenters. The van der Waals surface area contributed by atoms with Crippen LogP contribution in [0.1, 0.15) is 27.8 Å². The minimum atomic E-state index is -0.0393. The van der Waals surface area contributed by atoms with E-state index in [1.807, 2.05) is 34.8 Å². The van der Waals surface area contributed by atoms with Crippen LogP contribution in [-0.4, -0.2) is 83.0 Å². The van der Waals surface area contributed by atoms with E-state index in [2.05, 4.69) is 39.3 Å². The average molecular weight is 455 g/mol. The molecular formula is C21H32Cl2N6O. The summed E-state index contributed by atoms with van der Waals surface area (Å²) in [5, 5.41) is 3.40. The molecule has 1 aromatic heterocycles. The molecule has 2 fully saturated rings. The number of piperazine rings is 2. The first-order chi connectivity index (χ1) is 13.6. The van der Waals surface area contributed by atoms with Crippen molar-refractivity contribution >= 4 is 30.7 Å². The molecule has 1 atom stereocenters. The molecule has 2 aromatic rings. The Morgan fingerprint density at radius 2 is 1.90 bits per heavy atom. The number of rotatable bonds is 4. The van der Waals surface area contributed by atoms with E-state index in [0.29, 0.717) is 6.54 Å². The largest absolute Gasteiger partial charge is 0.336 e. The van der Waals surface area contributed by atoms with Gasteiger partial charge in [-0.2, -0.15) is 0 Å². The quantitative estimate of drug-likeness (QED) is 0.762. The summed E-state index contributed by atoms with van der Waals surface area (Å²) in [4.78, 5) is 24.6. The van der Waals surface area contributed by atoms with Gasteiger partial charge in [-0.3, -0.25) is 9.69 Å². The van der Waals surface area contributed by atoms with Gasteiger partial charge < -0.3 is 19.7 Å². The fourth-order valence-corrected chi connectivity index (χ4v) is 4.11. The third kappa shape index (κ3) is 5.53. The molecule has 30 heavy (non-hydrogen) atoms. The number of aryl methyl sites for hydroxylation is 1. The first-order valence-corrected chi connectivity index (χ1v) is 10.1. The lowest BCUT2D eigenvalue weighted by Crippen LogP contribution is -2.49. The molecule has 7 nitrogen and oxygen atoms in total. The zero-order valence-electron chi connectivity index (χ0n) is 17.7. The number of likely N-dealkylation sites (N-methyl/N-ethyl adjacent to an activating group) is 1. The minimum absolute atomic E-state index is 0. The second-order valence-corrected chi connectivity index (χ2v) is 7.89. The Morgan fingerprint density at radius 1 is 1.13 bits per heavy atom. The van der Waals surface area contributed by atoms with Crippen LogP contribution < -0.4 is 5.32 Å². The number of hydrogen-bond donors (Lipinski definition) is 1. The van der Waals surface area contributed by atoms with Crippen molar-refractivity contribution in [1.29, 1.82) is 0 Å². The van der Waals surface area contributed by atoms with Crippen LogP contribution in [0, 0.1) is 0 Å². The van der Waals surface area contributed by atoms with Gasteiger partial charge >= 0.3 is 0 Å². The highest BCUT2D eigenvalue weighted by atomic mass is 35.5. The highest BCUT2D eigenvalue weighted by molar-refractivity contribution is 5.94. The fraction of sp³-hybridized carbons (Fsp3) is 0.524. The summed E-state index contributed by atoms with van der Waals surface area (Å²) in [6.07, 6.45) is 3.73. The average Bonchev–Trinajstić information content (AvgIpc) is 3.15. The smallest absolute Gasteiger partial charge is 0.254 e. The summed E-state index contributed by atoms with van der Waals surface area (Å²) >= 11 is 0. The van der Waals surface area contributed by atoms with Crippen LogP contribution in [0.5, 0.6) is 0 Å². The third-order valence-electron chi connectivity index (χ3n) is 5.84. The Hall–Kier alpha value is -1.64. The molecule has 0 spiro atoms. The van der Waals surface area contributed by atoms with Crippen LogP contribution in [0.25, 0.3) is 0 Å². The van der Waals surface area contributed by atoms with Gasteiger partial charge in [0, 0.05) is 77.4 Å². The number of carbonyl (C=O) groups is 1. The maximum Gasteiger partial charge on any atom is 0.254 e. The lowest BCUT2D eigenvalue weighted by molar-refractivity contribution is 0.0620.